The molecule has 0 fully saturated rings. The third kappa shape index (κ3) is 3.75. The second-order valence-electron chi connectivity index (χ2n) is 4.22. The van der Waals surface area contributed by atoms with Crippen molar-refractivity contribution in [2.24, 2.45) is 0 Å². The van der Waals surface area contributed by atoms with Gasteiger partial charge in [-0.2, -0.15) is 0 Å². The Morgan fingerprint density at radius 2 is 2.35 bits per heavy atom. The lowest BCUT2D eigenvalue weighted by Gasteiger charge is -2.02. The average molecular weight is 315 g/mol. The van der Waals surface area contributed by atoms with Crippen molar-refractivity contribution in [3.63, 3.8) is 0 Å². The van der Waals surface area contributed by atoms with Crippen LogP contribution in [0.4, 0.5) is 9.52 Å². The lowest BCUT2D eigenvalue weighted by molar-refractivity contribution is -0.123. The van der Waals surface area contributed by atoms with Gasteiger partial charge in [-0.05, 0) is 24.6 Å². The molecule has 2 aromatic rings. The van der Waals surface area contributed by atoms with E-state index in [0.717, 1.165) is 10.4 Å². The van der Waals surface area contributed by atoms with Gasteiger partial charge in [0.1, 0.15) is 11.9 Å². The molecule has 1 aromatic carbocycles. The van der Waals surface area contributed by atoms with Crippen molar-refractivity contribution >= 4 is 34.0 Å². The van der Waals surface area contributed by atoms with Gasteiger partial charge in [0.05, 0.1) is 5.02 Å². The number of halogens is 2. The van der Waals surface area contributed by atoms with Gasteiger partial charge >= 0.3 is 0 Å². The van der Waals surface area contributed by atoms with E-state index in [1.54, 1.807) is 18.3 Å². The fourth-order valence-corrected chi connectivity index (χ4v) is 2.56. The Balaban J connectivity index is 2.05. The molecule has 4 nitrogen and oxygen atoms in total. The number of benzene rings is 1. The molecule has 0 spiro atoms. The Morgan fingerprint density at radius 1 is 1.60 bits per heavy atom. The Kier molecular flexibility index (Phi) is 4.69. The first-order chi connectivity index (χ1) is 9.45. The summed E-state index contributed by atoms with van der Waals surface area (Å²) < 4.78 is 13.0. The van der Waals surface area contributed by atoms with Crippen LogP contribution in [0.3, 0.4) is 0 Å². The molecular weight excluding hydrogens is 303 g/mol. The summed E-state index contributed by atoms with van der Waals surface area (Å²) in [6.45, 7) is 1.38. The molecule has 1 aromatic heterocycles. The zero-order valence-electron chi connectivity index (χ0n) is 10.6. The van der Waals surface area contributed by atoms with E-state index in [4.69, 9.17) is 16.7 Å². The third-order valence-corrected chi connectivity index (χ3v) is 3.73. The van der Waals surface area contributed by atoms with E-state index in [-0.39, 0.29) is 5.02 Å². The summed E-state index contributed by atoms with van der Waals surface area (Å²) in [6, 6.07) is 4.52. The van der Waals surface area contributed by atoms with Gasteiger partial charge in [-0.1, -0.05) is 17.7 Å². The van der Waals surface area contributed by atoms with Crippen molar-refractivity contribution in [3.05, 3.63) is 45.7 Å². The normalized spacial score (nSPS) is 12.2. The Morgan fingerprint density at radius 3 is 3.00 bits per heavy atom. The lowest BCUT2D eigenvalue weighted by atomic mass is 10.1. The highest BCUT2D eigenvalue weighted by Crippen LogP contribution is 2.23. The van der Waals surface area contributed by atoms with Gasteiger partial charge in [0.15, 0.2) is 5.13 Å². The number of aromatic nitrogens is 1. The Bertz CT molecular complexity index is 631. The molecule has 1 amide bonds. The molecule has 0 aliphatic heterocycles. The Hall–Kier alpha value is -1.50. The number of nitrogens with zero attached hydrogens (tertiary/aromatic N) is 1. The summed E-state index contributed by atoms with van der Waals surface area (Å²) in [7, 11) is 0. The van der Waals surface area contributed by atoms with E-state index in [0.29, 0.717) is 11.6 Å². The van der Waals surface area contributed by atoms with E-state index < -0.39 is 17.8 Å². The van der Waals surface area contributed by atoms with Crippen molar-refractivity contribution in [2.75, 3.05) is 5.32 Å². The zero-order valence-corrected chi connectivity index (χ0v) is 12.1. The summed E-state index contributed by atoms with van der Waals surface area (Å²) in [5, 5.41) is 12.1. The molecular formula is C13H12ClFN2O2S. The molecule has 0 aliphatic carbocycles. The minimum Gasteiger partial charge on any atom is -0.384 e. The summed E-state index contributed by atoms with van der Waals surface area (Å²) in [6.07, 6.45) is 1.08. The molecule has 0 saturated heterocycles. The SMILES string of the molecule is CC(O)C(=O)Nc1ncc(Cc2ccc(F)c(Cl)c2)s1. The van der Waals surface area contributed by atoms with Crippen LogP contribution in [-0.4, -0.2) is 22.1 Å². The van der Waals surface area contributed by atoms with Crippen molar-refractivity contribution < 1.29 is 14.3 Å². The number of aliphatic hydroxyl groups is 1. The summed E-state index contributed by atoms with van der Waals surface area (Å²) in [5.74, 6) is -0.958. The van der Waals surface area contributed by atoms with Crippen molar-refractivity contribution in [2.45, 2.75) is 19.4 Å². The molecule has 7 heteroatoms. The highest BCUT2D eigenvalue weighted by atomic mass is 35.5. The summed E-state index contributed by atoms with van der Waals surface area (Å²) >= 11 is 7.01. The lowest BCUT2D eigenvalue weighted by Crippen LogP contribution is -2.24. The van der Waals surface area contributed by atoms with Crippen LogP contribution in [-0.2, 0) is 11.2 Å². The van der Waals surface area contributed by atoms with E-state index in [1.165, 1.54) is 24.3 Å². The molecule has 2 N–H and O–H groups in total. The molecule has 0 bridgehead atoms. The molecule has 2 rings (SSSR count). The first-order valence-corrected chi connectivity index (χ1v) is 7.02. The largest absolute Gasteiger partial charge is 0.384 e. The van der Waals surface area contributed by atoms with E-state index >= 15 is 0 Å². The number of thiazole rings is 1. The fourth-order valence-electron chi connectivity index (χ4n) is 1.51. The standard InChI is InChI=1S/C13H12ClFN2O2S/c1-7(18)12(19)17-13-16-6-9(20-13)4-8-2-3-11(15)10(14)5-8/h2-3,5-7,18H,4H2,1H3,(H,16,17,19). The highest BCUT2D eigenvalue weighted by molar-refractivity contribution is 7.15. The summed E-state index contributed by atoms with van der Waals surface area (Å²) in [4.78, 5) is 16.2. The fraction of sp³-hybridized carbons (Fsp3) is 0.231. The van der Waals surface area contributed by atoms with Crippen LogP contribution >= 0.6 is 22.9 Å². The van der Waals surface area contributed by atoms with Crippen LogP contribution in [0.5, 0.6) is 0 Å². The molecule has 106 valence electrons. The summed E-state index contributed by atoms with van der Waals surface area (Å²) in [5.41, 5.74) is 0.855. The van der Waals surface area contributed by atoms with Gasteiger partial charge < -0.3 is 5.11 Å². The van der Waals surface area contributed by atoms with Crippen molar-refractivity contribution in [1.82, 2.24) is 4.98 Å². The van der Waals surface area contributed by atoms with Gasteiger partial charge in [0, 0.05) is 17.5 Å². The van der Waals surface area contributed by atoms with Crippen LogP contribution in [0, 0.1) is 5.82 Å². The molecule has 1 atom stereocenters. The number of carbonyl (C=O) groups excluding carboxylic acids is 1. The average Bonchev–Trinajstić information content (AvgIpc) is 2.81. The van der Waals surface area contributed by atoms with Crippen LogP contribution < -0.4 is 5.32 Å². The highest BCUT2D eigenvalue weighted by Gasteiger charge is 2.11. The van der Waals surface area contributed by atoms with Gasteiger partial charge in [-0.25, -0.2) is 9.37 Å². The van der Waals surface area contributed by atoms with Gasteiger partial charge in [-0.15, -0.1) is 11.3 Å². The molecule has 0 saturated carbocycles. The minimum absolute atomic E-state index is 0.0784. The third-order valence-electron chi connectivity index (χ3n) is 2.53. The number of nitrogens with one attached hydrogen (secondary N) is 1. The van der Waals surface area contributed by atoms with Crippen molar-refractivity contribution in [3.8, 4) is 0 Å². The Labute approximate surface area is 124 Å². The number of hydrogen-bond acceptors (Lipinski definition) is 4. The number of amides is 1. The second-order valence-corrected chi connectivity index (χ2v) is 5.74. The molecule has 0 aliphatic rings. The number of hydrogen-bond donors (Lipinski definition) is 2. The van der Waals surface area contributed by atoms with Crippen LogP contribution in [0.2, 0.25) is 5.02 Å². The minimum atomic E-state index is -1.08. The molecule has 0 radical (unpaired) electrons. The van der Waals surface area contributed by atoms with E-state index in [9.17, 15) is 9.18 Å². The topological polar surface area (TPSA) is 62.2 Å². The van der Waals surface area contributed by atoms with Gasteiger partial charge in [0.25, 0.3) is 5.91 Å². The van der Waals surface area contributed by atoms with Crippen molar-refractivity contribution in [1.29, 1.82) is 0 Å². The van der Waals surface area contributed by atoms with E-state index in [2.05, 4.69) is 10.3 Å². The van der Waals surface area contributed by atoms with Gasteiger partial charge in [-0.3, -0.25) is 10.1 Å². The van der Waals surface area contributed by atoms with E-state index in [1.807, 2.05) is 0 Å². The van der Waals surface area contributed by atoms with Gasteiger partial charge in [0.2, 0.25) is 0 Å². The molecule has 1 unspecified atom stereocenters. The predicted octanol–water partition coefficient (Wildman–Crippen LogP) is 2.85. The van der Waals surface area contributed by atoms with Crippen LogP contribution in [0.25, 0.3) is 0 Å². The smallest absolute Gasteiger partial charge is 0.254 e. The second kappa shape index (κ2) is 6.30. The number of rotatable bonds is 4. The number of aliphatic hydroxyl groups excluding tert-OH is 1. The van der Waals surface area contributed by atoms with Crippen LogP contribution in [0.15, 0.2) is 24.4 Å². The predicted molar refractivity (Wildman–Crippen MR) is 76.6 cm³/mol. The number of carbonyl (C=O) groups is 1. The maximum atomic E-state index is 13.0. The first-order valence-electron chi connectivity index (χ1n) is 5.83. The quantitative estimate of drug-likeness (QED) is 0.912. The zero-order chi connectivity index (χ0) is 14.7. The molecule has 20 heavy (non-hydrogen) atoms. The first kappa shape index (κ1) is 14.9. The number of anilines is 1. The maximum absolute atomic E-state index is 13.0. The monoisotopic (exact) mass is 314 g/mol. The van der Waals surface area contributed by atoms with Crippen LogP contribution in [0.1, 0.15) is 17.4 Å². The maximum Gasteiger partial charge on any atom is 0.254 e. The molecule has 1 heterocycles.